The maximum Gasteiger partial charge on any atom is 0.261 e. The van der Waals surface area contributed by atoms with Crippen molar-refractivity contribution in [3.63, 3.8) is 0 Å². The summed E-state index contributed by atoms with van der Waals surface area (Å²) in [6.45, 7) is 0. The number of nitrogens with zero attached hydrogens (tertiary/aromatic N) is 3. The van der Waals surface area contributed by atoms with Gasteiger partial charge in [-0.1, -0.05) is 12.1 Å². The Morgan fingerprint density at radius 1 is 1.04 bits per heavy atom. The lowest BCUT2D eigenvalue weighted by atomic mass is 9.92. The van der Waals surface area contributed by atoms with Crippen LogP contribution in [0.15, 0.2) is 52.2 Å². The van der Waals surface area contributed by atoms with Gasteiger partial charge in [0, 0.05) is 22.4 Å². The van der Waals surface area contributed by atoms with Crippen molar-refractivity contribution in [1.29, 1.82) is 0 Å². The van der Waals surface area contributed by atoms with E-state index >= 15 is 0 Å². The largest absolute Gasteiger partial charge is 0.271 e. The van der Waals surface area contributed by atoms with Gasteiger partial charge in [0.15, 0.2) is 0 Å². The first-order chi connectivity index (χ1) is 12.6. The number of amides is 2. The Labute approximate surface area is 159 Å². The number of nitrogens with one attached hydrogen (secondary N) is 1. The molecule has 1 fully saturated rings. The Hall–Kier alpha value is -2.54. The monoisotopic (exact) mass is 412 g/mol. The molecular weight excluding hydrogens is 396 g/mol. The smallest absolute Gasteiger partial charge is 0.261 e. The quantitative estimate of drug-likeness (QED) is 0.613. The molecule has 2 amide bonds. The number of carbonyl (C=O) groups is 2. The average Bonchev–Trinajstić information content (AvgIpc) is 2.93. The highest BCUT2D eigenvalue weighted by atomic mass is 79.9. The van der Waals surface area contributed by atoms with Crippen molar-refractivity contribution in [3.8, 4) is 0 Å². The fourth-order valence-electron chi connectivity index (χ4n) is 3.42. The van der Waals surface area contributed by atoms with Crippen molar-refractivity contribution in [1.82, 2.24) is 9.88 Å². The Kier molecular flexibility index (Phi) is 4.55. The Bertz CT molecular complexity index is 850. The topological polar surface area (TPSA) is 74.7 Å². The van der Waals surface area contributed by atoms with Crippen molar-refractivity contribution < 1.29 is 9.59 Å². The predicted octanol–water partition coefficient (Wildman–Crippen LogP) is 3.85. The third-order valence-corrected chi connectivity index (χ3v) is 5.25. The molecule has 2 aromatic rings. The zero-order chi connectivity index (χ0) is 18.1. The second-order valence-corrected chi connectivity index (χ2v) is 7.32. The zero-order valence-electron chi connectivity index (χ0n) is 14.0. The van der Waals surface area contributed by atoms with Crippen molar-refractivity contribution in [2.45, 2.75) is 31.7 Å². The highest BCUT2D eigenvalue weighted by Crippen LogP contribution is 2.30. The minimum Gasteiger partial charge on any atom is -0.271 e. The molecule has 0 saturated heterocycles. The van der Waals surface area contributed by atoms with Gasteiger partial charge in [0.1, 0.15) is 5.82 Å². The summed E-state index contributed by atoms with van der Waals surface area (Å²) in [7, 11) is 0. The van der Waals surface area contributed by atoms with E-state index in [0.717, 1.165) is 35.9 Å². The van der Waals surface area contributed by atoms with Crippen LogP contribution in [0.3, 0.4) is 0 Å². The van der Waals surface area contributed by atoms with Crippen LogP contribution in [0.2, 0.25) is 0 Å². The first-order valence-corrected chi connectivity index (χ1v) is 9.32. The van der Waals surface area contributed by atoms with Gasteiger partial charge in [-0.3, -0.25) is 19.9 Å². The molecule has 0 spiro atoms. The number of hydrogen-bond donors (Lipinski definition) is 1. The number of rotatable bonds is 3. The van der Waals surface area contributed by atoms with Gasteiger partial charge in [-0.05, 0) is 65.9 Å². The van der Waals surface area contributed by atoms with E-state index in [1.54, 1.807) is 30.5 Å². The van der Waals surface area contributed by atoms with E-state index in [-0.39, 0.29) is 17.9 Å². The third-order valence-electron chi connectivity index (χ3n) is 4.78. The van der Waals surface area contributed by atoms with E-state index < -0.39 is 0 Å². The normalized spacial score (nSPS) is 19.5. The summed E-state index contributed by atoms with van der Waals surface area (Å²) in [5.74, 6) is 0.338. The van der Waals surface area contributed by atoms with Crippen LogP contribution >= 0.6 is 15.9 Å². The molecule has 1 N–H and O–H groups in total. The summed E-state index contributed by atoms with van der Waals surface area (Å²) in [5, 5.41) is 4.42. The molecule has 0 atom stereocenters. The fraction of sp³-hybridized carbons (Fsp3) is 0.263. The number of imide groups is 1. The van der Waals surface area contributed by atoms with Crippen LogP contribution in [-0.4, -0.2) is 33.5 Å². The molecular formula is C19H17BrN4O2. The molecule has 1 aromatic heterocycles. The number of carbonyl (C=O) groups excluding carboxylic acids is 2. The molecule has 2 aliphatic rings. The number of pyridine rings is 1. The van der Waals surface area contributed by atoms with Crippen LogP contribution in [0.5, 0.6) is 0 Å². The van der Waals surface area contributed by atoms with E-state index in [2.05, 4.69) is 31.4 Å². The molecule has 1 aromatic carbocycles. The highest BCUT2D eigenvalue weighted by Gasteiger charge is 2.40. The molecule has 4 rings (SSSR count). The van der Waals surface area contributed by atoms with Crippen molar-refractivity contribution in [3.05, 3.63) is 58.2 Å². The summed E-state index contributed by atoms with van der Waals surface area (Å²) in [4.78, 5) is 30.8. The van der Waals surface area contributed by atoms with Crippen LogP contribution in [0.4, 0.5) is 5.82 Å². The lowest BCUT2D eigenvalue weighted by Gasteiger charge is -2.30. The van der Waals surface area contributed by atoms with Crippen LogP contribution in [0.25, 0.3) is 0 Å². The number of halogens is 1. The molecule has 1 saturated carbocycles. The van der Waals surface area contributed by atoms with Gasteiger partial charge in [-0.25, -0.2) is 4.98 Å². The molecule has 132 valence electrons. The summed E-state index contributed by atoms with van der Waals surface area (Å²) < 4.78 is 0.914. The lowest BCUT2D eigenvalue weighted by molar-refractivity contribution is 0.0565. The molecule has 7 heteroatoms. The lowest BCUT2D eigenvalue weighted by Crippen LogP contribution is -2.42. The van der Waals surface area contributed by atoms with Crippen molar-refractivity contribution in [2.24, 2.45) is 5.10 Å². The number of benzene rings is 1. The van der Waals surface area contributed by atoms with Crippen molar-refractivity contribution in [2.75, 3.05) is 5.43 Å². The summed E-state index contributed by atoms with van der Waals surface area (Å²) in [6, 6.07) is 10.7. The molecule has 0 bridgehead atoms. The van der Waals surface area contributed by atoms with Crippen LogP contribution < -0.4 is 5.43 Å². The highest BCUT2D eigenvalue weighted by molar-refractivity contribution is 9.10. The molecule has 0 radical (unpaired) electrons. The van der Waals surface area contributed by atoms with Gasteiger partial charge in [0.2, 0.25) is 0 Å². The maximum atomic E-state index is 12.6. The maximum absolute atomic E-state index is 12.6. The SMILES string of the molecule is O=C1c2ccccc2C(=O)N1C1CCC(=NNc2ccc(Br)cn2)CC1. The van der Waals surface area contributed by atoms with Crippen LogP contribution in [0, 0.1) is 0 Å². The van der Waals surface area contributed by atoms with Crippen LogP contribution in [-0.2, 0) is 0 Å². The average molecular weight is 413 g/mol. The van der Waals surface area contributed by atoms with E-state index in [4.69, 9.17) is 0 Å². The Morgan fingerprint density at radius 2 is 1.69 bits per heavy atom. The van der Waals surface area contributed by atoms with E-state index in [1.807, 2.05) is 12.1 Å². The zero-order valence-corrected chi connectivity index (χ0v) is 15.6. The van der Waals surface area contributed by atoms with Gasteiger partial charge in [0.25, 0.3) is 11.8 Å². The summed E-state index contributed by atoms with van der Waals surface area (Å²) in [5.41, 5.74) is 5.02. The molecule has 1 aliphatic heterocycles. The first kappa shape index (κ1) is 16.9. The van der Waals surface area contributed by atoms with Gasteiger partial charge in [-0.15, -0.1) is 0 Å². The van der Waals surface area contributed by atoms with E-state index in [0.29, 0.717) is 16.9 Å². The molecule has 1 aliphatic carbocycles. The Morgan fingerprint density at radius 3 is 2.27 bits per heavy atom. The molecule has 2 heterocycles. The molecule has 26 heavy (non-hydrogen) atoms. The number of hydrazone groups is 1. The van der Waals surface area contributed by atoms with Gasteiger partial charge >= 0.3 is 0 Å². The van der Waals surface area contributed by atoms with E-state index in [9.17, 15) is 9.59 Å². The second kappa shape index (κ2) is 6.99. The van der Waals surface area contributed by atoms with E-state index in [1.165, 1.54) is 4.90 Å². The fourth-order valence-corrected chi connectivity index (χ4v) is 3.66. The minimum absolute atomic E-state index is 0.0628. The van der Waals surface area contributed by atoms with Gasteiger partial charge in [-0.2, -0.15) is 5.10 Å². The first-order valence-electron chi connectivity index (χ1n) is 8.53. The summed E-state index contributed by atoms with van der Waals surface area (Å²) >= 11 is 3.35. The number of fused-ring (bicyclic) bond motifs is 1. The third kappa shape index (κ3) is 3.14. The number of anilines is 1. The molecule has 6 nitrogen and oxygen atoms in total. The Balaban J connectivity index is 1.40. The standard InChI is InChI=1S/C19H17BrN4O2/c20-12-5-10-17(21-11-12)23-22-13-6-8-14(9-7-13)24-18(25)15-3-1-2-4-16(15)19(24)26/h1-5,10-11,14H,6-9H2,(H,21,23). The summed E-state index contributed by atoms with van der Waals surface area (Å²) in [6.07, 6.45) is 4.68. The van der Waals surface area contributed by atoms with Crippen molar-refractivity contribution >= 4 is 39.3 Å². The van der Waals surface area contributed by atoms with Gasteiger partial charge in [0.05, 0.1) is 11.1 Å². The number of hydrogen-bond acceptors (Lipinski definition) is 5. The second-order valence-electron chi connectivity index (χ2n) is 6.41. The van der Waals surface area contributed by atoms with Gasteiger partial charge < -0.3 is 0 Å². The predicted molar refractivity (Wildman–Crippen MR) is 102 cm³/mol. The number of aromatic nitrogens is 1. The van der Waals surface area contributed by atoms with Crippen LogP contribution in [0.1, 0.15) is 46.4 Å². The minimum atomic E-state index is -0.173. The molecule has 0 unspecified atom stereocenters.